The third-order valence-electron chi connectivity index (χ3n) is 3.23. The Kier molecular flexibility index (Phi) is 4.32. The van der Waals surface area contributed by atoms with E-state index in [1.54, 1.807) is 22.9 Å². The van der Waals surface area contributed by atoms with Crippen LogP contribution in [0.5, 0.6) is 0 Å². The fourth-order valence-corrected chi connectivity index (χ4v) is 2.41. The van der Waals surface area contributed by atoms with Crippen LogP contribution in [-0.2, 0) is 0 Å². The van der Waals surface area contributed by atoms with Crippen LogP contribution in [0.25, 0.3) is 5.69 Å². The first-order valence-corrected chi connectivity index (χ1v) is 7.59. The van der Waals surface area contributed by atoms with E-state index in [-0.39, 0.29) is 0 Å². The van der Waals surface area contributed by atoms with Gasteiger partial charge in [0.05, 0.1) is 16.4 Å². The van der Waals surface area contributed by atoms with Crippen molar-refractivity contribution in [2.75, 3.05) is 5.73 Å². The van der Waals surface area contributed by atoms with Gasteiger partial charge in [-0.05, 0) is 37.3 Å². The molecule has 5 nitrogen and oxygen atoms in total. The zero-order valence-corrected chi connectivity index (χ0v) is 13.8. The number of para-hydroxylation sites is 1. The molecular formula is C16H13Cl2N5. The van der Waals surface area contributed by atoms with Crippen LogP contribution >= 0.6 is 23.2 Å². The molecule has 0 bridgehead atoms. The molecule has 0 saturated heterocycles. The fourth-order valence-electron chi connectivity index (χ4n) is 2.09. The first kappa shape index (κ1) is 15.5. The molecule has 3 rings (SSSR count). The lowest BCUT2D eigenvalue weighted by Gasteiger charge is -2.02. The van der Waals surface area contributed by atoms with Crippen LogP contribution in [0.1, 0.15) is 5.69 Å². The fraction of sp³-hybridized carbons (Fsp3) is 0.0625. The highest BCUT2D eigenvalue weighted by atomic mass is 35.5. The number of nitrogens with two attached hydrogens (primary N) is 1. The minimum absolute atomic E-state index is 0.413. The molecule has 3 aromatic rings. The molecule has 0 saturated carbocycles. The molecule has 0 aliphatic rings. The van der Waals surface area contributed by atoms with Gasteiger partial charge < -0.3 is 5.73 Å². The lowest BCUT2D eigenvalue weighted by Crippen LogP contribution is -2.01. The van der Waals surface area contributed by atoms with Gasteiger partial charge in [0, 0.05) is 5.02 Å². The first-order chi connectivity index (χ1) is 11.1. The molecule has 0 fully saturated rings. The van der Waals surface area contributed by atoms with Crippen LogP contribution in [0.3, 0.4) is 0 Å². The van der Waals surface area contributed by atoms with Crippen LogP contribution in [-0.4, -0.2) is 9.78 Å². The molecule has 1 heterocycles. The zero-order chi connectivity index (χ0) is 16.4. The van der Waals surface area contributed by atoms with Crippen molar-refractivity contribution in [2.45, 2.75) is 6.92 Å². The molecule has 23 heavy (non-hydrogen) atoms. The molecule has 0 spiro atoms. The number of halogens is 2. The molecule has 1 aromatic heterocycles. The van der Waals surface area contributed by atoms with Crippen LogP contribution in [0, 0.1) is 6.92 Å². The molecule has 0 unspecified atom stereocenters. The van der Waals surface area contributed by atoms with Gasteiger partial charge in [0.1, 0.15) is 5.69 Å². The Morgan fingerprint density at radius 3 is 2.52 bits per heavy atom. The minimum Gasteiger partial charge on any atom is -0.382 e. The Balaban J connectivity index is 2.00. The number of nitrogens with zero attached hydrogens (tertiary/aromatic N) is 4. The monoisotopic (exact) mass is 345 g/mol. The van der Waals surface area contributed by atoms with Crippen molar-refractivity contribution < 1.29 is 0 Å². The lowest BCUT2D eigenvalue weighted by atomic mass is 10.3. The van der Waals surface area contributed by atoms with Gasteiger partial charge in [-0.2, -0.15) is 5.10 Å². The van der Waals surface area contributed by atoms with Gasteiger partial charge in [0.25, 0.3) is 0 Å². The number of rotatable bonds is 3. The van der Waals surface area contributed by atoms with Gasteiger partial charge >= 0.3 is 0 Å². The first-order valence-electron chi connectivity index (χ1n) is 6.83. The quantitative estimate of drug-likeness (QED) is 0.638. The highest BCUT2D eigenvalue weighted by Crippen LogP contribution is 2.33. The Morgan fingerprint density at radius 2 is 1.78 bits per heavy atom. The van der Waals surface area contributed by atoms with Crippen LogP contribution in [0.15, 0.2) is 58.8 Å². The normalized spacial score (nSPS) is 11.3. The number of hydrogen-bond donors (Lipinski definition) is 1. The number of aromatic nitrogens is 2. The summed E-state index contributed by atoms with van der Waals surface area (Å²) in [6.07, 6.45) is 0. The standard InChI is InChI=1S/C16H13Cl2N5/c1-10-15(21-20-14-9-11(17)7-8-13(14)18)16(19)23(22-10)12-5-3-2-4-6-12/h2-9H,19H2,1H3. The third kappa shape index (κ3) is 3.21. The van der Waals surface area contributed by atoms with Crippen molar-refractivity contribution in [1.82, 2.24) is 9.78 Å². The second kappa shape index (κ2) is 6.40. The van der Waals surface area contributed by atoms with Crippen molar-refractivity contribution in [3.8, 4) is 5.69 Å². The predicted octanol–water partition coefficient (Wildman–Crippen LogP) is 5.49. The largest absolute Gasteiger partial charge is 0.382 e. The summed E-state index contributed by atoms with van der Waals surface area (Å²) >= 11 is 12.0. The molecule has 0 radical (unpaired) electrons. The highest BCUT2D eigenvalue weighted by Gasteiger charge is 2.13. The molecule has 0 aliphatic heterocycles. The van der Waals surface area contributed by atoms with Gasteiger partial charge in [-0.25, -0.2) is 4.68 Å². The van der Waals surface area contributed by atoms with E-state index < -0.39 is 0 Å². The minimum atomic E-state index is 0.413. The topological polar surface area (TPSA) is 68.6 Å². The molecule has 7 heteroatoms. The highest BCUT2D eigenvalue weighted by molar-refractivity contribution is 6.35. The zero-order valence-electron chi connectivity index (χ0n) is 12.2. The summed E-state index contributed by atoms with van der Waals surface area (Å²) in [4.78, 5) is 0. The van der Waals surface area contributed by atoms with Gasteiger partial charge in [0.15, 0.2) is 11.5 Å². The van der Waals surface area contributed by atoms with E-state index in [2.05, 4.69) is 15.3 Å². The smallest absolute Gasteiger partial charge is 0.155 e. The second-order valence-electron chi connectivity index (χ2n) is 4.86. The van der Waals surface area contributed by atoms with Crippen molar-refractivity contribution in [2.24, 2.45) is 10.2 Å². The molecule has 2 aromatic carbocycles. The van der Waals surface area contributed by atoms with Gasteiger partial charge in [0.2, 0.25) is 0 Å². The van der Waals surface area contributed by atoms with Crippen molar-refractivity contribution in [3.05, 3.63) is 64.3 Å². The van der Waals surface area contributed by atoms with Crippen LogP contribution in [0.2, 0.25) is 10.0 Å². The van der Waals surface area contributed by atoms with Crippen molar-refractivity contribution in [3.63, 3.8) is 0 Å². The van der Waals surface area contributed by atoms with Gasteiger partial charge in [-0.15, -0.1) is 10.2 Å². The maximum absolute atomic E-state index is 6.16. The number of aryl methyl sites for hydroxylation is 1. The maximum atomic E-state index is 6.16. The Morgan fingerprint density at radius 1 is 1.04 bits per heavy atom. The molecule has 0 atom stereocenters. The number of anilines is 1. The summed E-state index contributed by atoms with van der Waals surface area (Å²) < 4.78 is 1.63. The SMILES string of the molecule is Cc1nn(-c2ccccc2)c(N)c1N=Nc1cc(Cl)ccc1Cl. The van der Waals surface area contributed by atoms with Gasteiger partial charge in [-0.1, -0.05) is 41.4 Å². The second-order valence-corrected chi connectivity index (χ2v) is 5.71. The summed E-state index contributed by atoms with van der Waals surface area (Å²) in [5.74, 6) is 0.413. The molecule has 2 N–H and O–H groups in total. The number of nitrogen functional groups attached to an aromatic ring is 1. The third-order valence-corrected chi connectivity index (χ3v) is 3.78. The Bertz CT molecular complexity index is 872. The number of benzene rings is 2. The van der Waals surface area contributed by atoms with E-state index in [1.807, 2.05) is 37.3 Å². The summed E-state index contributed by atoms with van der Waals surface area (Å²) in [5.41, 5.74) is 8.67. The summed E-state index contributed by atoms with van der Waals surface area (Å²) in [6.45, 7) is 1.82. The van der Waals surface area contributed by atoms with Crippen molar-refractivity contribution >= 4 is 40.4 Å². The average Bonchev–Trinajstić information content (AvgIpc) is 2.84. The van der Waals surface area contributed by atoms with Crippen LogP contribution < -0.4 is 5.73 Å². The lowest BCUT2D eigenvalue weighted by molar-refractivity contribution is 0.872. The Labute approximate surface area is 143 Å². The van der Waals surface area contributed by atoms with E-state index >= 15 is 0 Å². The van der Waals surface area contributed by atoms with Crippen LogP contribution in [0.4, 0.5) is 17.2 Å². The predicted molar refractivity (Wildman–Crippen MR) is 93.4 cm³/mol. The van der Waals surface area contributed by atoms with E-state index in [9.17, 15) is 0 Å². The summed E-state index contributed by atoms with van der Waals surface area (Å²) in [7, 11) is 0. The van der Waals surface area contributed by atoms with E-state index in [0.717, 1.165) is 5.69 Å². The number of hydrogen-bond acceptors (Lipinski definition) is 4. The maximum Gasteiger partial charge on any atom is 0.155 e. The summed E-state index contributed by atoms with van der Waals surface area (Å²) in [5, 5.41) is 13.7. The van der Waals surface area contributed by atoms with Crippen molar-refractivity contribution in [1.29, 1.82) is 0 Å². The van der Waals surface area contributed by atoms with E-state index in [4.69, 9.17) is 28.9 Å². The Hall–Kier alpha value is -2.37. The van der Waals surface area contributed by atoms with Gasteiger partial charge in [-0.3, -0.25) is 0 Å². The van der Waals surface area contributed by atoms with E-state index in [1.165, 1.54) is 0 Å². The average molecular weight is 346 g/mol. The number of azo groups is 1. The molecule has 0 aliphatic carbocycles. The molecule has 0 amide bonds. The molecule has 116 valence electrons. The van der Waals surface area contributed by atoms with E-state index in [0.29, 0.717) is 32.9 Å². The molecular weight excluding hydrogens is 333 g/mol. The summed E-state index contributed by atoms with van der Waals surface area (Å²) in [6, 6.07) is 14.6.